The number of nitrogens with zero attached hydrogens (tertiary/aromatic N) is 1. The van der Waals surface area contributed by atoms with Gasteiger partial charge in [0, 0.05) is 5.02 Å². The van der Waals surface area contributed by atoms with E-state index in [1.165, 1.54) is 0 Å². The fourth-order valence-electron chi connectivity index (χ4n) is 2.12. The molecule has 7 heteroatoms. The second kappa shape index (κ2) is 7.28. The zero-order valence-corrected chi connectivity index (χ0v) is 13.8. The number of amides is 1. The first-order valence-electron chi connectivity index (χ1n) is 7.03. The van der Waals surface area contributed by atoms with Gasteiger partial charge in [0.15, 0.2) is 6.61 Å². The first kappa shape index (κ1) is 17.0. The molecule has 0 aliphatic heterocycles. The molecule has 0 aliphatic rings. The molecule has 1 heterocycles. The maximum Gasteiger partial charge on any atom is 0.344 e. The molecule has 0 bridgehead atoms. The van der Waals surface area contributed by atoms with Crippen molar-refractivity contribution in [1.29, 1.82) is 0 Å². The van der Waals surface area contributed by atoms with E-state index in [0.717, 1.165) is 5.56 Å². The smallest absolute Gasteiger partial charge is 0.344 e. The summed E-state index contributed by atoms with van der Waals surface area (Å²) in [6.45, 7) is 4.68. The minimum Gasteiger partial charge on any atom is -0.452 e. The Labute approximate surface area is 138 Å². The lowest BCUT2D eigenvalue weighted by Gasteiger charge is -2.14. The van der Waals surface area contributed by atoms with Gasteiger partial charge in [0.05, 0.1) is 11.7 Å². The Morgan fingerprint density at radius 1 is 1.39 bits per heavy atom. The third-order valence-electron chi connectivity index (χ3n) is 3.30. The zero-order valence-electron chi connectivity index (χ0n) is 13.1. The number of carbonyl (C=O) groups is 2. The molecule has 2 rings (SSSR count). The molecule has 122 valence electrons. The van der Waals surface area contributed by atoms with E-state index in [1.54, 1.807) is 32.0 Å². The van der Waals surface area contributed by atoms with Crippen LogP contribution < -0.4 is 5.32 Å². The van der Waals surface area contributed by atoms with Crippen LogP contribution in [0.2, 0.25) is 5.02 Å². The summed E-state index contributed by atoms with van der Waals surface area (Å²) in [6, 6.07) is 6.93. The van der Waals surface area contributed by atoms with Crippen LogP contribution in [0.3, 0.4) is 0 Å². The Balaban J connectivity index is 1.89. The number of nitrogens with one attached hydrogen (secondary N) is 1. The van der Waals surface area contributed by atoms with Gasteiger partial charge in [-0.3, -0.25) is 4.79 Å². The molecule has 2 aromatic rings. The predicted octanol–water partition coefficient (Wildman–Crippen LogP) is 2.98. The van der Waals surface area contributed by atoms with E-state index in [2.05, 4.69) is 10.5 Å². The van der Waals surface area contributed by atoms with Crippen molar-refractivity contribution in [2.24, 2.45) is 0 Å². The van der Waals surface area contributed by atoms with Crippen molar-refractivity contribution in [3.05, 3.63) is 51.9 Å². The summed E-state index contributed by atoms with van der Waals surface area (Å²) in [7, 11) is 0. The third-order valence-corrected chi connectivity index (χ3v) is 3.53. The van der Waals surface area contributed by atoms with Crippen LogP contribution in [0.25, 0.3) is 0 Å². The van der Waals surface area contributed by atoms with Crippen molar-refractivity contribution in [3.63, 3.8) is 0 Å². The normalized spacial score (nSPS) is 11.8. The quantitative estimate of drug-likeness (QED) is 0.849. The Hall–Kier alpha value is -2.34. The molecule has 1 atom stereocenters. The van der Waals surface area contributed by atoms with Gasteiger partial charge in [-0.15, -0.1) is 0 Å². The molecule has 0 saturated carbocycles. The van der Waals surface area contributed by atoms with Crippen molar-refractivity contribution >= 4 is 23.5 Å². The van der Waals surface area contributed by atoms with Crippen molar-refractivity contribution in [1.82, 2.24) is 10.5 Å². The van der Waals surface area contributed by atoms with Gasteiger partial charge in [0.2, 0.25) is 0 Å². The molecule has 0 radical (unpaired) electrons. The van der Waals surface area contributed by atoms with Gasteiger partial charge in [0.25, 0.3) is 5.91 Å². The summed E-state index contributed by atoms with van der Waals surface area (Å²) in [4.78, 5) is 23.8. The highest BCUT2D eigenvalue weighted by atomic mass is 35.5. The standard InChI is InChI=1S/C16H17ClN2O4/c1-9(12-5-4-6-13(17)7-12)18-14(20)8-22-16(21)15-10(2)19-23-11(15)3/h4-7,9H,8H2,1-3H3,(H,18,20)/t9-/m0/s1. The first-order chi connectivity index (χ1) is 10.9. The van der Waals surface area contributed by atoms with Gasteiger partial charge in [-0.1, -0.05) is 28.9 Å². The van der Waals surface area contributed by atoms with Crippen molar-refractivity contribution in [2.75, 3.05) is 6.61 Å². The van der Waals surface area contributed by atoms with Crippen LogP contribution in [-0.2, 0) is 9.53 Å². The fourth-order valence-corrected chi connectivity index (χ4v) is 2.32. The lowest BCUT2D eigenvalue weighted by molar-refractivity contribution is -0.124. The van der Waals surface area contributed by atoms with Gasteiger partial charge in [-0.05, 0) is 38.5 Å². The monoisotopic (exact) mass is 336 g/mol. The van der Waals surface area contributed by atoms with Crippen molar-refractivity contribution in [2.45, 2.75) is 26.8 Å². The summed E-state index contributed by atoms with van der Waals surface area (Å²) >= 11 is 5.92. The molecule has 0 spiro atoms. The summed E-state index contributed by atoms with van der Waals surface area (Å²) < 4.78 is 9.89. The van der Waals surface area contributed by atoms with E-state index in [-0.39, 0.29) is 18.2 Å². The average Bonchev–Trinajstić information content (AvgIpc) is 2.84. The van der Waals surface area contributed by atoms with E-state index in [4.69, 9.17) is 20.9 Å². The Morgan fingerprint density at radius 3 is 2.74 bits per heavy atom. The highest BCUT2D eigenvalue weighted by Crippen LogP contribution is 2.17. The molecular formula is C16H17ClN2O4. The van der Waals surface area contributed by atoms with E-state index >= 15 is 0 Å². The molecule has 1 N–H and O–H groups in total. The summed E-state index contributed by atoms with van der Waals surface area (Å²) in [5.41, 5.74) is 1.55. The number of aryl methyl sites for hydroxylation is 2. The predicted molar refractivity (Wildman–Crippen MR) is 84.3 cm³/mol. The number of carbonyl (C=O) groups excluding carboxylic acids is 2. The number of esters is 1. The highest BCUT2D eigenvalue weighted by Gasteiger charge is 2.20. The SMILES string of the molecule is Cc1noc(C)c1C(=O)OCC(=O)N[C@@H](C)c1cccc(Cl)c1. The summed E-state index contributed by atoms with van der Waals surface area (Å²) in [5, 5.41) is 7.00. The lowest BCUT2D eigenvalue weighted by Crippen LogP contribution is -2.31. The minimum atomic E-state index is -0.633. The number of hydrogen-bond acceptors (Lipinski definition) is 5. The summed E-state index contributed by atoms with van der Waals surface area (Å²) in [5.74, 6) is -0.676. The first-order valence-corrected chi connectivity index (χ1v) is 7.41. The van der Waals surface area contributed by atoms with E-state index in [1.807, 2.05) is 13.0 Å². The third kappa shape index (κ3) is 4.32. The van der Waals surface area contributed by atoms with E-state index in [0.29, 0.717) is 16.5 Å². The Morgan fingerprint density at radius 2 is 2.13 bits per heavy atom. The number of halogens is 1. The Bertz CT molecular complexity index is 707. The number of ether oxygens (including phenoxy) is 1. The molecule has 6 nitrogen and oxygen atoms in total. The van der Waals surface area contributed by atoms with E-state index < -0.39 is 11.9 Å². The fraction of sp³-hybridized carbons (Fsp3) is 0.312. The number of aromatic nitrogens is 1. The molecular weight excluding hydrogens is 320 g/mol. The van der Waals surface area contributed by atoms with Gasteiger partial charge in [-0.2, -0.15) is 0 Å². The van der Waals surface area contributed by atoms with Crippen LogP contribution in [0, 0.1) is 13.8 Å². The van der Waals surface area contributed by atoms with Gasteiger partial charge in [0.1, 0.15) is 11.3 Å². The molecule has 1 aromatic carbocycles. The van der Waals surface area contributed by atoms with Crippen LogP contribution in [0.15, 0.2) is 28.8 Å². The number of benzene rings is 1. The highest BCUT2D eigenvalue weighted by molar-refractivity contribution is 6.30. The Kier molecular flexibility index (Phi) is 5.39. The van der Waals surface area contributed by atoms with Crippen LogP contribution in [0.1, 0.15) is 40.3 Å². The van der Waals surface area contributed by atoms with Crippen LogP contribution in [0.5, 0.6) is 0 Å². The zero-order chi connectivity index (χ0) is 17.0. The molecule has 0 aliphatic carbocycles. The minimum absolute atomic E-state index is 0.251. The van der Waals surface area contributed by atoms with Gasteiger partial charge < -0.3 is 14.6 Å². The van der Waals surface area contributed by atoms with Crippen LogP contribution >= 0.6 is 11.6 Å². The molecule has 0 fully saturated rings. The number of hydrogen-bond donors (Lipinski definition) is 1. The topological polar surface area (TPSA) is 81.4 Å². The number of rotatable bonds is 5. The van der Waals surface area contributed by atoms with Crippen molar-refractivity contribution < 1.29 is 18.8 Å². The van der Waals surface area contributed by atoms with Crippen molar-refractivity contribution in [3.8, 4) is 0 Å². The maximum atomic E-state index is 11.9. The van der Waals surface area contributed by atoms with Gasteiger partial charge in [-0.25, -0.2) is 4.79 Å². The maximum absolute atomic E-state index is 11.9. The summed E-state index contributed by atoms with van der Waals surface area (Å²) in [6.07, 6.45) is 0. The molecule has 0 saturated heterocycles. The average molecular weight is 337 g/mol. The largest absolute Gasteiger partial charge is 0.452 e. The molecule has 23 heavy (non-hydrogen) atoms. The van der Waals surface area contributed by atoms with Crippen LogP contribution in [0.4, 0.5) is 0 Å². The second-order valence-electron chi connectivity index (χ2n) is 5.12. The van der Waals surface area contributed by atoms with Crippen LogP contribution in [-0.4, -0.2) is 23.6 Å². The van der Waals surface area contributed by atoms with E-state index in [9.17, 15) is 9.59 Å². The second-order valence-corrected chi connectivity index (χ2v) is 5.56. The molecule has 1 amide bonds. The van der Waals surface area contributed by atoms with Gasteiger partial charge >= 0.3 is 5.97 Å². The lowest BCUT2D eigenvalue weighted by atomic mass is 10.1. The molecule has 0 unspecified atom stereocenters. The molecule has 1 aromatic heterocycles.